The van der Waals surface area contributed by atoms with Crippen LogP contribution in [0.25, 0.3) is 0 Å². The molecule has 0 saturated heterocycles. The lowest BCUT2D eigenvalue weighted by Gasteiger charge is -2.10. The van der Waals surface area contributed by atoms with Crippen molar-refractivity contribution < 1.29 is 0 Å². The van der Waals surface area contributed by atoms with E-state index in [1.54, 1.807) is 0 Å². The molecule has 0 spiro atoms. The summed E-state index contributed by atoms with van der Waals surface area (Å²) in [4.78, 5) is 2.18. The number of hydrogen-bond acceptors (Lipinski definition) is 2. The lowest BCUT2D eigenvalue weighted by Crippen LogP contribution is -2.16. The van der Waals surface area contributed by atoms with E-state index in [-0.39, 0.29) is 0 Å². The molecule has 0 atom stereocenters. The molecule has 0 bridgehead atoms. The molecule has 0 saturated carbocycles. The van der Waals surface area contributed by atoms with Crippen molar-refractivity contribution in [1.29, 1.82) is 0 Å². The van der Waals surface area contributed by atoms with Crippen LogP contribution in [0.1, 0.15) is 6.42 Å². The largest absolute Gasteiger partial charge is 0.385 e. The van der Waals surface area contributed by atoms with Crippen LogP contribution in [0.2, 0.25) is 5.02 Å². The minimum Gasteiger partial charge on any atom is -0.385 e. The molecule has 1 aromatic carbocycles. The Bertz CT molecular complexity index is 274. The first-order valence-corrected chi connectivity index (χ1v) is 5.20. The molecule has 0 fully saturated rings. The lowest BCUT2D eigenvalue weighted by atomic mass is 10.3. The van der Waals surface area contributed by atoms with Gasteiger partial charge in [-0.25, -0.2) is 0 Å². The Kier molecular flexibility index (Phi) is 4.77. The van der Waals surface area contributed by atoms with Crippen molar-refractivity contribution >= 4 is 17.3 Å². The average Bonchev–Trinajstić information content (AvgIpc) is 2.12. The Labute approximate surface area is 90.9 Å². The fourth-order valence-corrected chi connectivity index (χ4v) is 1.42. The summed E-state index contributed by atoms with van der Waals surface area (Å²) < 4.78 is 0. The number of hydrogen-bond donors (Lipinski definition) is 1. The summed E-state index contributed by atoms with van der Waals surface area (Å²) in [6.07, 6.45) is 1.14. The van der Waals surface area contributed by atoms with Gasteiger partial charge in [-0.1, -0.05) is 17.7 Å². The molecular formula is C11H17ClN2. The summed E-state index contributed by atoms with van der Waals surface area (Å²) in [5.74, 6) is 0. The van der Waals surface area contributed by atoms with E-state index < -0.39 is 0 Å². The van der Waals surface area contributed by atoms with E-state index >= 15 is 0 Å². The van der Waals surface area contributed by atoms with E-state index in [0.717, 1.165) is 30.2 Å². The smallest absolute Gasteiger partial charge is 0.0426 e. The second-order valence-electron chi connectivity index (χ2n) is 3.59. The maximum Gasteiger partial charge on any atom is 0.0426 e. The van der Waals surface area contributed by atoms with Crippen molar-refractivity contribution in [1.82, 2.24) is 4.90 Å². The van der Waals surface area contributed by atoms with Gasteiger partial charge in [0.25, 0.3) is 0 Å². The summed E-state index contributed by atoms with van der Waals surface area (Å²) in [6, 6.07) is 7.81. The molecule has 0 heterocycles. The second-order valence-corrected chi connectivity index (χ2v) is 4.03. The summed E-state index contributed by atoms with van der Waals surface area (Å²) in [5.41, 5.74) is 1.09. The molecule has 1 N–H and O–H groups in total. The number of halogens is 1. The Balaban J connectivity index is 2.25. The molecule has 14 heavy (non-hydrogen) atoms. The molecule has 3 heteroatoms. The van der Waals surface area contributed by atoms with Gasteiger partial charge in [0, 0.05) is 17.3 Å². The fourth-order valence-electron chi connectivity index (χ4n) is 1.23. The Hall–Kier alpha value is -0.730. The van der Waals surface area contributed by atoms with Crippen molar-refractivity contribution in [2.24, 2.45) is 0 Å². The molecule has 1 rings (SSSR count). The van der Waals surface area contributed by atoms with Crippen LogP contribution in [-0.2, 0) is 0 Å². The van der Waals surface area contributed by atoms with E-state index in [2.05, 4.69) is 24.3 Å². The van der Waals surface area contributed by atoms with Crippen LogP contribution in [0.15, 0.2) is 24.3 Å². The van der Waals surface area contributed by atoms with Crippen LogP contribution in [0, 0.1) is 0 Å². The van der Waals surface area contributed by atoms with Crippen molar-refractivity contribution in [3.8, 4) is 0 Å². The minimum atomic E-state index is 0.780. The first-order chi connectivity index (χ1) is 6.68. The van der Waals surface area contributed by atoms with E-state index in [1.807, 2.05) is 24.3 Å². The van der Waals surface area contributed by atoms with Gasteiger partial charge >= 0.3 is 0 Å². The van der Waals surface area contributed by atoms with Crippen molar-refractivity contribution in [3.63, 3.8) is 0 Å². The van der Waals surface area contributed by atoms with Gasteiger partial charge < -0.3 is 10.2 Å². The number of nitrogens with one attached hydrogen (secondary N) is 1. The molecule has 0 amide bonds. The summed E-state index contributed by atoms with van der Waals surface area (Å²) in [5, 5.41) is 4.11. The quantitative estimate of drug-likeness (QED) is 0.756. The zero-order chi connectivity index (χ0) is 10.4. The molecular weight excluding hydrogens is 196 g/mol. The molecule has 0 radical (unpaired) electrons. The molecule has 0 aliphatic carbocycles. The molecule has 0 aliphatic rings. The zero-order valence-corrected chi connectivity index (χ0v) is 9.51. The minimum absolute atomic E-state index is 0.780. The van der Waals surface area contributed by atoms with E-state index in [1.165, 1.54) is 0 Å². The Morgan fingerprint density at radius 2 is 2.14 bits per heavy atom. The van der Waals surface area contributed by atoms with Gasteiger partial charge in [0.15, 0.2) is 0 Å². The van der Waals surface area contributed by atoms with Crippen molar-refractivity contribution in [3.05, 3.63) is 29.3 Å². The van der Waals surface area contributed by atoms with Gasteiger partial charge in [0.05, 0.1) is 0 Å². The highest BCUT2D eigenvalue weighted by atomic mass is 35.5. The Morgan fingerprint density at radius 3 is 2.79 bits per heavy atom. The standard InChI is InChI=1S/C11H17ClN2/c1-14(2)8-4-7-13-11-6-3-5-10(12)9-11/h3,5-6,9,13H,4,7-8H2,1-2H3. The average molecular weight is 213 g/mol. The van der Waals surface area contributed by atoms with E-state index in [9.17, 15) is 0 Å². The van der Waals surface area contributed by atoms with Gasteiger partial charge in [-0.2, -0.15) is 0 Å². The Morgan fingerprint density at radius 1 is 1.36 bits per heavy atom. The topological polar surface area (TPSA) is 15.3 Å². The first-order valence-electron chi connectivity index (χ1n) is 4.82. The van der Waals surface area contributed by atoms with Gasteiger partial charge in [0.2, 0.25) is 0 Å². The second kappa shape index (κ2) is 5.89. The molecule has 2 nitrogen and oxygen atoms in total. The van der Waals surface area contributed by atoms with Crippen molar-refractivity contribution in [2.75, 3.05) is 32.5 Å². The van der Waals surface area contributed by atoms with Gasteiger partial charge in [0.1, 0.15) is 0 Å². The van der Waals surface area contributed by atoms with Crippen LogP contribution in [0.4, 0.5) is 5.69 Å². The molecule has 1 aromatic rings. The van der Waals surface area contributed by atoms with E-state index in [4.69, 9.17) is 11.6 Å². The number of nitrogens with zero attached hydrogens (tertiary/aromatic N) is 1. The maximum absolute atomic E-state index is 5.86. The predicted octanol–water partition coefficient (Wildman–Crippen LogP) is 2.70. The molecule has 78 valence electrons. The summed E-state index contributed by atoms with van der Waals surface area (Å²) in [7, 11) is 4.17. The van der Waals surface area contributed by atoms with Gasteiger partial charge in [-0.15, -0.1) is 0 Å². The van der Waals surface area contributed by atoms with Gasteiger partial charge in [-0.3, -0.25) is 0 Å². The monoisotopic (exact) mass is 212 g/mol. The van der Waals surface area contributed by atoms with Crippen LogP contribution >= 0.6 is 11.6 Å². The van der Waals surface area contributed by atoms with E-state index in [0.29, 0.717) is 0 Å². The molecule has 0 aromatic heterocycles. The highest BCUT2D eigenvalue weighted by Gasteiger charge is 1.93. The predicted molar refractivity (Wildman–Crippen MR) is 63.1 cm³/mol. The summed E-state index contributed by atoms with van der Waals surface area (Å²) >= 11 is 5.86. The van der Waals surface area contributed by atoms with Crippen LogP contribution in [-0.4, -0.2) is 32.1 Å². The fraction of sp³-hybridized carbons (Fsp3) is 0.455. The first kappa shape index (κ1) is 11.3. The third kappa shape index (κ3) is 4.49. The van der Waals surface area contributed by atoms with Gasteiger partial charge in [-0.05, 0) is 45.3 Å². The summed E-state index contributed by atoms with van der Waals surface area (Å²) in [6.45, 7) is 2.09. The third-order valence-corrected chi connectivity index (χ3v) is 2.17. The van der Waals surface area contributed by atoms with Crippen LogP contribution < -0.4 is 5.32 Å². The van der Waals surface area contributed by atoms with Crippen LogP contribution in [0.3, 0.4) is 0 Å². The van der Waals surface area contributed by atoms with Crippen molar-refractivity contribution in [2.45, 2.75) is 6.42 Å². The zero-order valence-electron chi connectivity index (χ0n) is 8.76. The lowest BCUT2D eigenvalue weighted by molar-refractivity contribution is 0.405. The molecule has 0 aliphatic heterocycles. The molecule has 0 unspecified atom stereocenters. The third-order valence-electron chi connectivity index (χ3n) is 1.94. The SMILES string of the molecule is CN(C)CCCNc1cccc(Cl)c1. The van der Waals surface area contributed by atoms with Crippen LogP contribution in [0.5, 0.6) is 0 Å². The highest BCUT2D eigenvalue weighted by Crippen LogP contribution is 2.14. The number of benzene rings is 1. The maximum atomic E-state index is 5.86. The highest BCUT2D eigenvalue weighted by molar-refractivity contribution is 6.30. The number of rotatable bonds is 5. The normalized spacial score (nSPS) is 10.6. The number of anilines is 1.